The van der Waals surface area contributed by atoms with Crippen molar-refractivity contribution in [1.82, 2.24) is 29.6 Å². The third-order valence-corrected chi connectivity index (χ3v) is 8.55. The van der Waals surface area contributed by atoms with Crippen molar-refractivity contribution in [2.75, 3.05) is 37.4 Å². The molecular weight excluding hydrogens is 512 g/mol. The fraction of sp³-hybridized carbons (Fsp3) is 0.393. The largest absolute Gasteiger partial charge is 0.371 e. The molecule has 4 aromatic rings. The van der Waals surface area contributed by atoms with E-state index < -0.39 is 11.0 Å². The average molecular weight is 547 g/mol. The van der Waals surface area contributed by atoms with E-state index in [0.717, 1.165) is 59.5 Å². The van der Waals surface area contributed by atoms with Crippen molar-refractivity contribution in [3.05, 3.63) is 53.2 Å². The first kappa shape index (κ1) is 25.7. The van der Waals surface area contributed by atoms with Gasteiger partial charge in [-0.1, -0.05) is 0 Å². The summed E-state index contributed by atoms with van der Waals surface area (Å²) in [5.41, 5.74) is 4.57. The number of aromatic amines is 1. The molecule has 3 heterocycles. The first-order valence-electron chi connectivity index (χ1n) is 13.4. The van der Waals surface area contributed by atoms with Crippen LogP contribution in [0.25, 0.3) is 27.9 Å². The Hall–Kier alpha value is -3.54. The van der Waals surface area contributed by atoms with E-state index in [2.05, 4.69) is 36.9 Å². The van der Waals surface area contributed by atoms with Crippen LogP contribution in [0.4, 0.5) is 11.4 Å². The molecule has 39 heavy (non-hydrogen) atoms. The molecule has 0 spiro atoms. The number of nitrogens with zero attached hydrogens (tertiary/aromatic N) is 5. The number of aromatic nitrogens is 4. The molecule has 1 unspecified atom stereocenters. The summed E-state index contributed by atoms with van der Waals surface area (Å²) in [7, 11) is 4.13. The number of fused-ring (bicyclic) bond motifs is 2. The minimum Gasteiger partial charge on any atom is -0.371 e. The zero-order valence-corrected chi connectivity index (χ0v) is 23.3. The van der Waals surface area contributed by atoms with Gasteiger partial charge in [0.05, 0.1) is 17.3 Å². The summed E-state index contributed by atoms with van der Waals surface area (Å²) in [4.78, 5) is 16.0. The van der Waals surface area contributed by atoms with E-state index in [9.17, 15) is 9.00 Å². The molecule has 0 radical (unpaired) electrons. The van der Waals surface area contributed by atoms with Gasteiger partial charge in [-0.2, -0.15) is 10.2 Å². The number of carbonyl (C=O) groups excluding carboxylic acids is 1. The second-order valence-electron chi connectivity index (χ2n) is 10.6. The van der Waals surface area contributed by atoms with Gasteiger partial charge in [-0.05, 0) is 70.1 Å². The Balaban J connectivity index is 1.25. The van der Waals surface area contributed by atoms with Crippen LogP contribution in [0.2, 0.25) is 0 Å². The molecule has 11 heteroatoms. The molecule has 1 saturated heterocycles. The molecule has 3 N–H and O–H groups in total. The monoisotopic (exact) mass is 546 g/mol. The average Bonchev–Trinajstić information content (AvgIpc) is 3.44. The predicted molar refractivity (Wildman–Crippen MR) is 157 cm³/mol. The molecule has 2 aliphatic rings. The molecule has 1 saturated carbocycles. The molecular formula is C28H34N8O2S. The van der Waals surface area contributed by atoms with Crippen LogP contribution in [0.3, 0.4) is 0 Å². The Labute approximate surface area is 230 Å². The van der Waals surface area contributed by atoms with E-state index in [-0.39, 0.29) is 5.91 Å². The van der Waals surface area contributed by atoms with Gasteiger partial charge in [0.25, 0.3) is 5.91 Å². The highest BCUT2D eigenvalue weighted by atomic mass is 32.2. The summed E-state index contributed by atoms with van der Waals surface area (Å²) in [6, 6.07) is 8.99. The van der Waals surface area contributed by atoms with Gasteiger partial charge in [-0.25, -0.2) is 8.51 Å². The van der Waals surface area contributed by atoms with Gasteiger partial charge in [-0.3, -0.25) is 14.6 Å². The van der Waals surface area contributed by atoms with Crippen LogP contribution in [-0.2, 0) is 18.0 Å². The number of hydrogen-bond acceptors (Lipinski definition) is 6. The van der Waals surface area contributed by atoms with Crippen LogP contribution < -0.4 is 15.5 Å². The van der Waals surface area contributed by atoms with Crippen LogP contribution in [0.5, 0.6) is 0 Å². The summed E-state index contributed by atoms with van der Waals surface area (Å²) in [6.07, 6.45) is 10.4. The maximum absolute atomic E-state index is 13.5. The maximum atomic E-state index is 13.5. The summed E-state index contributed by atoms with van der Waals surface area (Å²) in [6.45, 7) is 1.97. The highest BCUT2D eigenvalue weighted by molar-refractivity contribution is 7.85. The fourth-order valence-corrected chi connectivity index (χ4v) is 5.78. The lowest BCUT2D eigenvalue weighted by Crippen LogP contribution is -2.43. The molecule has 10 nitrogen and oxygen atoms in total. The number of rotatable bonds is 8. The van der Waals surface area contributed by atoms with E-state index in [1.54, 1.807) is 40.8 Å². The van der Waals surface area contributed by atoms with Crippen molar-refractivity contribution in [2.24, 2.45) is 7.05 Å². The molecule has 2 fully saturated rings. The van der Waals surface area contributed by atoms with Crippen molar-refractivity contribution in [1.29, 1.82) is 0 Å². The summed E-state index contributed by atoms with van der Waals surface area (Å²) >= 11 is 0. The minimum atomic E-state index is -1.26. The highest BCUT2D eigenvalue weighted by Crippen LogP contribution is 2.32. The Morgan fingerprint density at radius 3 is 2.67 bits per heavy atom. The molecule has 2 aromatic carbocycles. The number of hydrogen-bond donors (Lipinski definition) is 3. The van der Waals surface area contributed by atoms with Crippen LogP contribution in [0.15, 0.2) is 42.1 Å². The second kappa shape index (κ2) is 10.6. The normalized spacial score (nSPS) is 17.6. The lowest BCUT2D eigenvalue weighted by atomic mass is 10.0. The van der Waals surface area contributed by atoms with Crippen LogP contribution in [0.1, 0.15) is 41.6 Å². The third kappa shape index (κ3) is 5.47. The Morgan fingerprint density at radius 2 is 1.92 bits per heavy atom. The number of benzene rings is 2. The number of anilines is 2. The summed E-state index contributed by atoms with van der Waals surface area (Å²) in [5.74, 6) is -0.229. The van der Waals surface area contributed by atoms with Gasteiger partial charge < -0.3 is 15.5 Å². The molecule has 6 rings (SSSR count). The van der Waals surface area contributed by atoms with E-state index in [1.165, 1.54) is 12.8 Å². The van der Waals surface area contributed by atoms with Gasteiger partial charge in [0, 0.05) is 71.5 Å². The van der Waals surface area contributed by atoms with E-state index in [4.69, 9.17) is 0 Å². The minimum absolute atomic E-state index is 0.229. The molecule has 2 aromatic heterocycles. The van der Waals surface area contributed by atoms with Crippen molar-refractivity contribution in [3.8, 4) is 0 Å². The van der Waals surface area contributed by atoms with Gasteiger partial charge in [-0.15, -0.1) is 0 Å². The van der Waals surface area contributed by atoms with Crippen LogP contribution in [-0.4, -0.2) is 73.7 Å². The van der Waals surface area contributed by atoms with Crippen LogP contribution >= 0.6 is 0 Å². The molecule has 1 amide bonds. The lowest BCUT2D eigenvalue weighted by Gasteiger charge is -2.34. The Kier molecular flexibility index (Phi) is 6.96. The van der Waals surface area contributed by atoms with Crippen molar-refractivity contribution in [3.63, 3.8) is 0 Å². The molecule has 1 aliphatic heterocycles. The number of amides is 1. The highest BCUT2D eigenvalue weighted by Gasteiger charge is 2.28. The Bertz CT molecular complexity index is 1580. The number of piperidine rings is 1. The number of carbonyl (C=O) groups is 1. The number of nitrogens with one attached hydrogen (secondary N) is 3. The SMILES string of the molecule is CN(C)S(=O)/C=C/c1cc(NC(=O)c2ccc(N3CCC(NC4CC4)CC3)c3cn(C)nc23)cc2cn[nH]c12. The third-order valence-electron chi connectivity index (χ3n) is 7.46. The molecule has 0 bridgehead atoms. The van der Waals surface area contributed by atoms with Crippen molar-refractivity contribution < 1.29 is 9.00 Å². The number of H-pyrrole nitrogens is 1. The second-order valence-corrected chi connectivity index (χ2v) is 12.2. The molecule has 204 valence electrons. The van der Waals surface area contributed by atoms with Gasteiger partial charge in [0.1, 0.15) is 16.5 Å². The summed E-state index contributed by atoms with van der Waals surface area (Å²) in [5, 5.41) is 22.1. The zero-order valence-electron chi connectivity index (χ0n) is 22.5. The molecule has 1 aliphatic carbocycles. The number of aryl methyl sites for hydroxylation is 1. The van der Waals surface area contributed by atoms with Crippen LogP contribution in [0, 0.1) is 0 Å². The smallest absolute Gasteiger partial charge is 0.257 e. The van der Waals surface area contributed by atoms with E-state index >= 15 is 0 Å². The fourth-order valence-electron chi connectivity index (χ4n) is 5.28. The first-order valence-corrected chi connectivity index (χ1v) is 14.5. The standard InChI is InChI=1S/C28H34N8O2S/c1-34(2)39(38)13-10-18-14-22(15-19-16-29-32-26(18)19)31-28(37)23-6-7-25(24-17-35(3)33-27(23)24)36-11-8-21(9-12-36)30-20-4-5-20/h6-7,10,13-17,20-21,30H,4-5,8-9,11-12H2,1-3H3,(H,29,32)(H,31,37)/b13-10+. The lowest BCUT2D eigenvalue weighted by molar-refractivity contribution is 0.102. The van der Waals surface area contributed by atoms with E-state index in [0.29, 0.717) is 22.8 Å². The maximum Gasteiger partial charge on any atom is 0.257 e. The van der Waals surface area contributed by atoms with Gasteiger partial charge >= 0.3 is 0 Å². The topological polar surface area (TPSA) is 111 Å². The zero-order chi connectivity index (χ0) is 27.1. The quantitative estimate of drug-likeness (QED) is 0.311. The first-order chi connectivity index (χ1) is 18.9. The Morgan fingerprint density at radius 1 is 1.15 bits per heavy atom. The molecule has 1 atom stereocenters. The van der Waals surface area contributed by atoms with Gasteiger partial charge in [0.2, 0.25) is 0 Å². The van der Waals surface area contributed by atoms with E-state index in [1.807, 2.05) is 31.4 Å². The summed E-state index contributed by atoms with van der Waals surface area (Å²) < 4.78 is 15.6. The predicted octanol–water partition coefficient (Wildman–Crippen LogP) is 3.62. The van der Waals surface area contributed by atoms with Crippen molar-refractivity contribution >= 4 is 56.1 Å². The van der Waals surface area contributed by atoms with Gasteiger partial charge in [0.15, 0.2) is 0 Å². The van der Waals surface area contributed by atoms with Crippen molar-refractivity contribution in [2.45, 2.75) is 37.8 Å².